The van der Waals surface area contributed by atoms with Crippen molar-refractivity contribution < 1.29 is 14.0 Å². The van der Waals surface area contributed by atoms with Crippen LogP contribution in [0.5, 0.6) is 0 Å². The summed E-state index contributed by atoms with van der Waals surface area (Å²) in [5.41, 5.74) is 5.07. The fourth-order valence-corrected chi connectivity index (χ4v) is 2.64. The number of rotatable bonds is 6. The van der Waals surface area contributed by atoms with Crippen LogP contribution in [0.2, 0.25) is 0 Å². The van der Waals surface area contributed by atoms with Gasteiger partial charge >= 0.3 is 0 Å². The molecule has 0 radical (unpaired) electrons. The average Bonchev–Trinajstić information content (AvgIpc) is 2.69. The Labute approximate surface area is 170 Å². The van der Waals surface area contributed by atoms with Crippen LogP contribution in [-0.4, -0.2) is 17.7 Å². The molecule has 0 saturated heterocycles. The summed E-state index contributed by atoms with van der Waals surface area (Å²) in [6.07, 6.45) is 0. The summed E-state index contributed by atoms with van der Waals surface area (Å²) in [7, 11) is 0. The van der Waals surface area contributed by atoms with Crippen LogP contribution in [0.15, 0.2) is 60.5 Å². The van der Waals surface area contributed by atoms with Crippen molar-refractivity contribution in [2.24, 2.45) is 0 Å². The quantitative estimate of drug-likeness (QED) is 0.343. The maximum atomic E-state index is 13.9. The predicted molar refractivity (Wildman–Crippen MR) is 112 cm³/mol. The Balaban J connectivity index is 2.01. The second kappa shape index (κ2) is 10.1. The Morgan fingerprint density at radius 3 is 2.59 bits per heavy atom. The van der Waals surface area contributed by atoms with E-state index < -0.39 is 11.9 Å². The molecule has 2 aromatic rings. The van der Waals surface area contributed by atoms with E-state index in [9.17, 15) is 14.0 Å². The highest BCUT2D eigenvalue weighted by molar-refractivity contribution is 5.96. The molecule has 0 heterocycles. The summed E-state index contributed by atoms with van der Waals surface area (Å²) in [6, 6.07) is 11.5. The van der Waals surface area contributed by atoms with E-state index in [0.29, 0.717) is 11.1 Å². The molecule has 0 spiro atoms. The standard InChI is InChI=1S/C24H23FN2O2/c1-5-23(24(29)26-15-20-8-6-7-9-21(20)18(4)28)27-17(3)11-13-19-12-10-16(2)14-22(19)25/h6-10,12,14,17,27H,1,15H2,2-4H3,(H,26,29). The van der Waals surface area contributed by atoms with Gasteiger partial charge in [-0.1, -0.05) is 54.5 Å². The molecule has 0 aliphatic carbocycles. The summed E-state index contributed by atoms with van der Waals surface area (Å²) in [5, 5.41) is 5.65. The third-order valence-corrected chi connectivity index (χ3v) is 4.15. The highest BCUT2D eigenvalue weighted by atomic mass is 19.1. The topological polar surface area (TPSA) is 58.2 Å². The van der Waals surface area contributed by atoms with Crippen LogP contribution in [0, 0.1) is 24.6 Å². The Kier molecular flexibility index (Phi) is 7.54. The molecule has 2 aromatic carbocycles. The fraction of sp³-hybridized carbons (Fsp3) is 0.208. The summed E-state index contributed by atoms with van der Waals surface area (Å²) in [6.45, 7) is 8.75. The highest BCUT2D eigenvalue weighted by Crippen LogP contribution is 2.10. The molecule has 0 saturated carbocycles. The average molecular weight is 390 g/mol. The van der Waals surface area contributed by atoms with E-state index in [-0.39, 0.29) is 23.8 Å². The first-order chi connectivity index (χ1) is 13.8. The van der Waals surface area contributed by atoms with Gasteiger partial charge < -0.3 is 10.6 Å². The zero-order valence-corrected chi connectivity index (χ0v) is 16.7. The number of hydrogen-bond acceptors (Lipinski definition) is 3. The summed E-state index contributed by atoms with van der Waals surface area (Å²) >= 11 is 0. The van der Waals surface area contributed by atoms with E-state index in [1.807, 2.05) is 0 Å². The first-order valence-electron chi connectivity index (χ1n) is 9.13. The van der Waals surface area contributed by atoms with Crippen LogP contribution in [0.4, 0.5) is 4.39 Å². The number of halogens is 1. The van der Waals surface area contributed by atoms with Gasteiger partial charge in [0.25, 0.3) is 5.91 Å². The van der Waals surface area contributed by atoms with Crippen LogP contribution >= 0.6 is 0 Å². The molecule has 148 valence electrons. The Morgan fingerprint density at radius 1 is 1.21 bits per heavy atom. The molecule has 1 atom stereocenters. The van der Waals surface area contributed by atoms with Crippen LogP contribution in [0.25, 0.3) is 0 Å². The minimum absolute atomic E-state index is 0.0697. The third kappa shape index (κ3) is 6.21. The molecule has 29 heavy (non-hydrogen) atoms. The van der Waals surface area contributed by atoms with Gasteiger partial charge in [0, 0.05) is 12.1 Å². The highest BCUT2D eigenvalue weighted by Gasteiger charge is 2.12. The first-order valence-corrected chi connectivity index (χ1v) is 9.13. The molecular formula is C24H23FN2O2. The lowest BCUT2D eigenvalue weighted by Crippen LogP contribution is -2.35. The molecule has 1 amide bonds. The number of amides is 1. The Morgan fingerprint density at radius 2 is 1.93 bits per heavy atom. The van der Waals surface area contributed by atoms with Gasteiger partial charge in [-0.15, -0.1) is 0 Å². The third-order valence-electron chi connectivity index (χ3n) is 4.15. The van der Waals surface area contributed by atoms with Crippen LogP contribution in [-0.2, 0) is 11.3 Å². The van der Waals surface area contributed by atoms with Crippen molar-refractivity contribution in [3.63, 3.8) is 0 Å². The maximum absolute atomic E-state index is 13.9. The molecule has 0 aliphatic rings. The minimum Gasteiger partial charge on any atom is -0.361 e. The molecule has 0 bridgehead atoms. The van der Waals surface area contributed by atoms with Crippen molar-refractivity contribution in [1.82, 2.24) is 10.6 Å². The van der Waals surface area contributed by atoms with Gasteiger partial charge in [0.1, 0.15) is 11.5 Å². The normalized spacial score (nSPS) is 10.8. The van der Waals surface area contributed by atoms with Crippen molar-refractivity contribution in [2.75, 3.05) is 0 Å². The molecule has 1 unspecified atom stereocenters. The predicted octanol–water partition coefficient (Wildman–Crippen LogP) is 3.65. The van der Waals surface area contributed by atoms with Crippen molar-refractivity contribution in [3.8, 4) is 11.8 Å². The van der Waals surface area contributed by atoms with Gasteiger partial charge in [-0.3, -0.25) is 9.59 Å². The van der Waals surface area contributed by atoms with E-state index in [2.05, 4.69) is 34.8 Å². The number of carbonyl (C=O) groups is 2. The molecule has 2 rings (SSSR count). The smallest absolute Gasteiger partial charge is 0.275 e. The summed E-state index contributed by atoms with van der Waals surface area (Å²) < 4.78 is 13.9. The van der Waals surface area contributed by atoms with Gasteiger partial charge in [-0.25, -0.2) is 4.39 Å². The van der Waals surface area contributed by atoms with Crippen molar-refractivity contribution >= 4 is 11.7 Å². The number of carbonyl (C=O) groups excluding carboxylic acids is 2. The SMILES string of the molecule is C=C=C(NC(C)C#Cc1ccc(C)cc1F)C(=O)NCc1ccccc1C(C)=O. The van der Waals surface area contributed by atoms with E-state index in [1.54, 1.807) is 50.2 Å². The van der Waals surface area contributed by atoms with Gasteiger partial charge in [0.15, 0.2) is 5.78 Å². The zero-order chi connectivity index (χ0) is 21.4. The monoisotopic (exact) mass is 390 g/mol. The van der Waals surface area contributed by atoms with E-state index in [4.69, 9.17) is 0 Å². The maximum Gasteiger partial charge on any atom is 0.275 e. The number of ketones is 1. The largest absolute Gasteiger partial charge is 0.361 e. The lowest BCUT2D eigenvalue weighted by atomic mass is 10.0. The fourth-order valence-electron chi connectivity index (χ4n) is 2.64. The number of nitrogens with one attached hydrogen (secondary N) is 2. The summed E-state index contributed by atoms with van der Waals surface area (Å²) in [5.74, 6) is 4.75. The molecular weight excluding hydrogens is 367 g/mol. The van der Waals surface area contributed by atoms with E-state index >= 15 is 0 Å². The van der Waals surface area contributed by atoms with Crippen LogP contribution in [0.3, 0.4) is 0 Å². The van der Waals surface area contributed by atoms with Crippen LogP contribution < -0.4 is 10.6 Å². The lowest BCUT2D eigenvalue weighted by molar-refractivity contribution is -0.118. The summed E-state index contributed by atoms with van der Waals surface area (Å²) in [4.78, 5) is 24.1. The minimum atomic E-state index is -0.435. The molecule has 4 nitrogen and oxygen atoms in total. The van der Waals surface area contributed by atoms with E-state index in [0.717, 1.165) is 11.1 Å². The second-order valence-electron chi connectivity index (χ2n) is 6.57. The molecule has 0 aromatic heterocycles. The van der Waals surface area contributed by atoms with Crippen molar-refractivity contribution in [2.45, 2.75) is 33.4 Å². The number of aryl methyl sites for hydroxylation is 1. The van der Waals surface area contributed by atoms with Gasteiger partial charge in [0.2, 0.25) is 0 Å². The van der Waals surface area contributed by atoms with Gasteiger partial charge in [0.05, 0.1) is 11.6 Å². The second-order valence-corrected chi connectivity index (χ2v) is 6.57. The molecule has 0 aliphatic heterocycles. The Hall–Kier alpha value is -3.61. The zero-order valence-electron chi connectivity index (χ0n) is 16.7. The molecule has 0 fully saturated rings. The Bertz CT molecular complexity index is 1040. The van der Waals surface area contributed by atoms with Gasteiger partial charge in [-0.05, 0) is 44.0 Å². The number of benzene rings is 2. The number of hydrogen-bond donors (Lipinski definition) is 2. The number of Topliss-reactive ketones (excluding diaryl/α,β-unsaturated/α-hetero) is 1. The molecule has 5 heteroatoms. The van der Waals surface area contributed by atoms with E-state index in [1.165, 1.54) is 13.0 Å². The van der Waals surface area contributed by atoms with Crippen molar-refractivity contribution in [1.29, 1.82) is 0 Å². The van der Waals surface area contributed by atoms with Crippen LogP contribution in [0.1, 0.15) is 40.9 Å². The van der Waals surface area contributed by atoms with Gasteiger partial charge in [-0.2, -0.15) is 0 Å². The van der Waals surface area contributed by atoms with Crippen molar-refractivity contribution in [3.05, 3.63) is 88.5 Å². The first kappa shape index (κ1) is 21.7. The molecule has 2 N–H and O–H groups in total. The lowest BCUT2D eigenvalue weighted by Gasteiger charge is -2.13.